The van der Waals surface area contributed by atoms with Gasteiger partial charge in [0.1, 0.15) is 5.82 Å². The van der Waals surface area contributed by atoms with E-state index in [1.807, 2.05) is 30.3 Å². The fourth-order valence-corrected chi connectivity index (χ4v) is 2.07. The summed E-state index contributed by atoms with van der Waals surface area (Å²) in [7, 11) is 1.94. The lowest BCUT2D eigenvalue weighted by Crippen LogP contribution is -2.18. The molecule has 0 aliphatic rings. The maximum Gasteiger partial charge on any atom is 0.224 e. The van der Waals surface area contributed by atoms with Crippen molar-refractivity contribution in [2.45, 2.75) is 6.54 Å². The van der Waals surface area contributed by atoms with Gasteiger partial charge in [0, 0.05) is 32.2 Å². The van der Waals surface area contributed by atoms with Crippen molar-refractivity contribution in [2.24, 2.45) is 0 Å². The molecule has 0 bridgehead atoms. The maximum atomic E-state index is 5.78. The molecule has 0 fully saturated rings. The highest BCUT2D eigenvalue weighted by Crippen LogP contribution is 2.24. The van der Waals surface area contributed by atoms with Crippen LogP contribution in [0.4, 0.5) is 5.82 Å². The minimum absolute atomic E-state index is 0.237. The van der Waals surface area contributed by atoms with Gasteiger partial charge in [-0.3, -0.25) is 4.98 Å². The second-order valence-corrected chi connectivity index (χ2v) is 4.72. The SMILES string of the molecule is CN(Cc1cccnc1)c1nc(Cl)ncc1Br. The zero-order valence-electron chi connectivity index (χ0n) is 9.14. The summed E-state index contributed by atoms with van der Waals surface area (Å²) in [6.45, 7) is 0.708. The van der Waals surface area contributed by atoms with Crippen molar-refractivity contribution >= 4 is 33.3 Å². The van der Waals surface area contributed by atoms with Crippen LogP contribution in [0.5, 0.6) is 0 Å². The molecule has 0 amide bonds. The van der Waals surface area contributed by atoms with Crippen molar-refractivity contribution in [1.82, 2.24) is 15.0 Å². The van der Waals surface area contributed by atoms with E-state index in [4.69, 9.17) is 11.6 Å². The van der Waals surface area contributed by atoms with E-state index in [-0.39, 0.29) is 5.28 Å². The van der Waals surface area contributed by atoms with Crippen LogP contribution in [0.2, 0.25) is 5.28 Å². The molecule has 2 heterocycles. The first-order valence-corrected chi connectivity index (χ1v) is 6.12. The van der Waals surface area contributed by atoms with Gasteiger partial charge < -0.3 is 4.90 Å². The molecule has 6 heteroatoms. The first kappa shape index (κ1) is 12.3. The van der Waals surface area contributed by atoms with Gasteiger partial charge in [0.25, 0.3) is 0 Å². The minimum Gasteiger partial charge on any atom is -0.354 e. The van der Waals surface area contributed by atoms with E-state index in [1.54, 1.807) is 12.4 Å². The Kier molecular flexibility index (Phi) is 3.91. The molecule has 0 radical (unpaired) electrons. The summed E-state index contributed by atoms with van der Waals surface area (Å²) in [5, 5.41) is 0.237. The molecular weight excluding hydrogens is 304 g/mol. The van der Waals surface area contributed by atoms with E-state index in [0.717, 1.165) is 15.9 Å². The number of hydrogen-bond acceptors (Lipinski definition) is 4. The van der Waals surface area contributed by atoms with Crippen LogP contribution >= 0.6 is 27.5 Å². The van der Waals surface area contributed by atoms with Gasteiger partial charge in [-0.2, -0.15) is 4.98 Å². The Balaban J connectivity index is 2.20. The average molecular weight is 314 g/mol. The molecule has 0 aliphatic carbocycles. The third kappa shape index (κ3) is 3.14. The summed E-state index contributed by atoms with van der Waals surface area (Å²) in [5.74, 6) is 0.758. The summed E-state index contributed by atoms with van der Waals surface area (Å²) in [6, 6.07) is 3.92. The van der Waals surface area contributed by atoms with Crippen LogP contribution in [0.15, 0.2) is 35.2 Å². The largest absolute Gasteiger partial charge is 0.354 e. The number of nitrogens with zero attached hydrogens (tertiary/aromatic N) is 4. The van der Waals surface area contributed by atoms with Gasteiger partial charge in [-0.15, -0.1) is 0 Å². The number of rotatable bonds is 3. The van der Waals surface area contributed by atoms with Crippen molar-refractivity contribution in [3.05, 3.63) is 46.0 Å². The maximum absolute atomic E-state index is 5.78. The van der Waals surface area contributed by atoms with Crippen LogP contribution in [-0.2, 0) is 6.54 Å². The fraction of sp³-hybridized carbons (Fsp3) is 0.182. The van der Waals surface area contributed by atoms with Crippen LogP contribution in [0, 0.1) is 0 Å². The quantitative estimate of drug-likeness (QED) is 0.817. The van der Waals surface area contributed by atoms with Crippen LogP contribution in [0.25, 0.3) is 0 Å². The summed E-state index contributed by atoms with van der Waals surface area (Å²) < 4.78 is 0.813. The van der Waals surface area contributed by atoms with Crippen molar-refractivity contribution in [2.75, 3.05) is 11.9 Å². The third-order valence-corrected chi connectivity index (χ3v) is 2.94. The molecule has 0 unspecified atom stereocenters. The van der Waals surface area contributed by atoms with Gasteiger partial charge in [0.15, 0.2) is 0 Å². The second-order valence-electron chi connectivity index (χ2n) is 3.53. The zero-order valence-corrected chi connectivity index (χ0v) is 11.5. The Bertz CT molecular complexity index is 506. The van der Waals surface area contributed by atoms with Crippen molar-refractivity contribution in [3.63, 3.8) is 0 Å². The minimum atomic E-state index is 0.237. The van der Waals surface area contributed by atoms with Gasteiger partial charge in [0.05, 0.1) is 4.47 Å². The molecule has 88 valence electrons. The van der Waals surface area contributed by atoms with Crippen LogP contribution in [-0.4, -0.2) is 22.0 Å². The predicted molar refractivity (Wildman–Crippen MR) is 71.1 cm³/mol. The predicted octanol–water partition coefficient (Wildman–Crippen LogP) is 2.92. The number of pyridine rings is 1. The highest BCUT2D eigenvalue weighted by molar-refractivity contribution is 9.10. The Morgan fingerprint density at radius 2 is 2.24 bits per heavy atom. The number of halogens is 2. The summed E-state index contributed by atoms with van der Waals surface area (Å²) in [4.78, 5) is 14.1. The normalized spacial score (nSPS) is 10.3. The smallest absolute Gasteiger partial charge is 0.224 e. The van der Waals surface area contributed by atoms with E-state index in [0.29, 0.717) is 6.54 Å². The van der Waals surface area contributed by atoms with Gasteiger partial charge in [0.2, 0.25) is 5.28 Å². The Morgan fingerprint density at radius 1 is 1.41 bits per heavy atom. The highest BCUT2D eigenvalue weighted by Gasteiger charge is 2.09. The summed E-state index contributed by atoms with van der Waals surface area (Å²) in [6.07, 6.45) is 5.22. The molecule has 17 heavy (non-hydrogen) atoms. The van der Waals surface area contributed by atoms with Gasteiger partial charge >= 0.3 is 0 Å². The van der Waals surface area contributed by atoms with Gasteiger partial charge in [-0.25, -0.2) is 4.98 Å². The monoisotopic (exact) mass is 312 g/mol. The van der Waals surface area contributed by atoms with Crippen molar-refractivity contribution < 1.29 is 0 Å². The molecule has 0 spiro atoms. The number of hydrogen-bond donors (Lipinski definition) is 0. The number of aromatic nitrogens is 3. The van der Waals surface area contributed by atoms with E-state index in [2.05, 4.69) is 30.9 Å². The lowest BCUT2D eigenvalue weighted by atomic mass is 10.3. The molecule has 0 N–H and O–H groups in total. The molecule has 2 aromatic rings. The van der Waals surface area contributed by atoms with E-state index in [1.165, 1.54) is 0 Å². The van der Waals surface area contributed by atoms with Crippen LogP contribution in [0.3, 0.4) is 0 Å². The Labute approximate surface area is 113 Å². The topological polar surface area (TPSA) is 41.9 Å². The van der Waals surface area contributed by atoms with E-state index < -0.39 is 0 Å². The molecule has 2 rings (SSSR count). The highest BCUT2D eigenvalue weighted by atomic mass is 79.9. The number of anilines is 1. The summed E-state index contributed by atoms with van der Waals surface area (Å²) >= 11 is 9.19. The second kappa shape index (κ2) is 5.42. The third-order valence-electron chi connectivity index (χ3n) is 2.20. The molecule has 0 atom stereocenters. The van der Waals surface area contributed by atoms with Crippen LogP contribution in [0.1, 0.15) is 5.56 Å². The molecule has 0 saturated heterocycles. The Hall–Kier alpha value is -1.20. The van der Waals surface area contributed by atoms with Gasteiger partial charge in [-0.1, -0.05) is 6.07 Å². The Morgan fingerprint density at radius 3 is 2.94 bits per heavy atom. The molecule has 4 nitrogen and oxygen atoms in total. The first-order chi connectivity index (χ1) is 8.16. The fourth-order valence-electron chi connectivity index (χ4n) is 1.45. The summed E-state index contributed by atoms with van der Waals surface area (Å²) in [5.41, 5.74) is 1.11. The molecule has 0 saturated carbocycles. The van der Waals surface area contributed by atoms with Crippen LogP contribution < -0.4 is 4.90 Å². The average Bonchev–Trinajstić information content (AvgIpc) is 2.33. The molecule has 2 aromatic heterocycles. The van der Waals surface area contributed by atoms with Crippen molar-refractivity contribution in [1.29, 1.82) is 0 Å². The van der Waals surface area contributed by atoms with Gasteiger partial charge in [-0.05, 0) is 39.2 Å². The first-order valence-electron chi connectivity index (χ1n) is 4.95. The standard InChI is InChI=1S/C11H10BrClN4/c1-17(7-8-3-2-4-14-5-8)10-9(12)6-15-11(13)16-10/h2-6H,7H2,1H3. The van der Waals surface area contributed by atoms with E-state index in [9.17, 15) is 0 Å². The molecule has 0 aromatic carbocycles. The lowest BCUT2D eigenvalue weighted by Gasteiger charge is -2.19. The van der Waals surface area contributed by atoms with E-state index >= 15 is 0 Å². The lowest BCUT2D eigenvalue weighted by molar-refractivity contribution is 0.881. The zero-order chi connectivity index (χ0) is 12.3. The van der Waals surface area contributed by atoms with Crippen molar-refractivity contribution in [3.8, 4) is 0 Å². The molecule has 0 aliphatic heterocycles. The molecular formula is C11H10BrClN4.